The lowest BCUT2D eigenvalue weighted by atomic mass is 10.1. The molecule has 0 heterocycles. The maximum Gasteiger partial charge on any atom is -0.00218 e. The van der Waals surface area contributed by atoms with Crippen molar-refractivity contribution < 1.29 is 0 Å². The lowest BCUT2D eigenvalue weighted by molar-refractivity contribution is 0.316. The number of unbranched alkanes of at least 4 members (excludes halogenated alkanes) is 5. The Balaban J connectivity index is 3.10. The molecule has 0 bridgehead atoms. The van der Waals surface area contributed by atoms with Crippen LogP contribution < -0.4 is 5.32 Å². The first kappa shape index (κ1) is 17.9. The Hall–Kier alpha value is -0.0800. The van der Waals surface area contributed by atoms with Crippen molar-refractivity contribution >= 4 is 0 Å². The van der Waals surface area contributed by atoms with E-state index >= 15 is 0 Å². The van der Waals surface area contributed by atoms with Gasteiger partial charge in [0.2, 0.25) is 0 Å². The van der Waals surface area contributed by atoms with Gasteiger partial charge >= 0.3 is 0 Å². The van der Waals surface area contributed by atoms with E-state index in [1.54, 1.807) is 0 Å². The fourth-order valence-electron chi connectivity index (χ4n) is 2.12. The molecule has 0 aliphatic rings. The molecular weight excluding hydrogens is 220 g/mol. The third-order valence-electron chi connectivity index (χ3n) is 3.34. The predicted octanol–water partition coefficient (Wildman–Crippen LogP) is 3.91. The molecule has 0 spiro atoms. The van der Waals surface area contributed by atoms with Crippen LogP contribution in [-0.4, -0.2) is 38.1 Å². The standard InChI is InChI=1S/C16H36N2/c1-5-6-10-13-18(4)14-11-8-7-9-12-17-15-16(2)3/h16-17H,5-15H2,1-4H3. The average molecular weight is 256 g/mol. The molecule has 18 heavy (non-hydrogen) atoms. The second-order valence-electron chi connectivity index (χ2n) is 6.02. The second-order valence-corrected chi connectivity index (χ2v) is 6.02. The van der Waals surface area contributed by atoms with Crippen LogP contribution in [0.5, 0.6) is 0 Å². The summed E-state index contributed by atoms with van der Waals surface area (Å²) in [6.07, 6.45) is 9.56. The maximum atomic E-state index is 3.51. The molecule has 0 radical (unpaired) electrons. The van der Waals surface area contributed by atoms with Gasteiger partial charge in [-0.3, -0.25) is 0 Å². The predicted molar refractivity (Wildman–Crippen MR) is 83.2 cm³/mol. The van der Waals surface area contributed by atoms with Crippen molar-refractivity contribution in [2.24, 2.45) is 5.92 Å². The highest BCUT2D eigenvalue weighted by Crippen LogP contribution is 2.02. The molecule has 0 saturated carbocycles. The molecule has 0 aromatic carbocycles. The fraction of sp³-hybridized carbons (Fsp3) is 1.00. The molecule has 0 aliphatic heterocycles. The zero-order chi connectivity index (χ0) is 13.6. The van der Waals surface area contributed by atoms with Crippen molar-refractivity contribution in [1.82, 2.24) is 10.2 Å². The Bertz CT molecular complexity index is 157. The minimum atomic E-state index is 0.779. The highest BCUT2D eigenvalue weighted by Gasteiger charge is 1.98. The van der Waals surface area contributed by atoms with Crippen LogP contribution in [0.1, 0.15) is 65.7 Å². The first-order valence-corrected chi connectivity index (χ1v) is 8.06. The summed E-state index contributed by atoms with van der Waals surface area (Å²) in [5.41, 5.74) is 0. The molecule has 0 aromatic heterocycles. The third kappa shape index (κ3) is 14.0. The number of nitrogens with zero attached hydrogens (tertiary/aromatic N) is 1. The van der Waals surface area contributed by atoms with Crippen LogP contribution >= 0.6 is 0 Å². The first-order valence-electron chi connectivity index (χ1n) is 8.06. The van der Waals surface area contributed by atoms with Gasteiger partial charge in [-0.2, -0.15) is 0 Å². The van der Waals surface area contributed by atoms with E-state index in [0.717, 1.165) is 5.92 Å². The molecule has 2 nitrogen and oxygen atoms in total. The highest BCUT2D eigenvalue weighted by molar-refractivity contribution is 4.55. The number of rotatable bonds is 13. The average Bonchev–Trinajstić information content (AvgIpc) is 2.32. The van der Waals surface area contributed by atoms with Gasteiger partial charge in [0.15, 0.2) is 0 Å². The molecule has 0 saturated heterocycles. The zero-order valence-corrected chi connectivity index (χ0v) is 13.3. The Kier molecular flexibility index (Phi) is 13.3. The molecule has 0 aliphatic carbocycles. The topological polar surface area (TPSA) is 15.3 Å². The summed E-state index contributed by atoms with van der Waals surface area (Å²) in [6, 6.07) is 0. The molecule has 0 unspecified atom stereocenters. The van der Waals surface area contributed by atoms with E-state index in [9.17, 15) is 0 Å². The lowest BCUT2D eigenvalue weighted by Crippen LogP contribution is -2.21. The van der Waals surface area contributed by atoms with Crippen LogP contribution in [0, 0.1) is 5.92 Å². The van der Waals surface area contributed by atoms with E-state index in [1.165, 1.54) is 71.1 Å². The van der Waals surface area contributed by atoms with Gasteiger partial charge in [-0.05, 0) is 58.4 Å². The lowest BCUT2D eigenvalue weighted by Gasteiger charge is -2.16. The van der Waals surface area contributed by atoms with Crippen molar-refractivity contribution in [1.29, 1.82) is 0 Å². The summed E-state index contributed by atoms with van der Waals surface area (Å²) >= 11 is 0. The minimum absolute atomic E-state index is 0.779. The Morgan fingerprint density at radius 3 is 2.11 bits per heavy atom. The van der Waals surface area contributed by atoms with Crippen LogP contribution in [0.15, 0.2) is 0 Å². The van der Waals surface area contributed by atoms with Crippen LogP contribution in [0.4, 0.5) is 0 Å². The monoisotopic (exact) mass is 256 g/mol. The van der Waals surface area contributed by atoms with Gasteiger partial charge < -0.3 is 10.2 Å². The Morgan fingerprint density at radius 1 is 0.889 bits per heavy atom. The highest BCUT2D eigenvalue weighted by atomic mass is 15.1. The number of nitrogens with one attached hydrogen (secondary N) is 1. The van der Waals surface area contributed by atoms with E-state index in [4.69, 9.17) is 0 Å². The number of hydrogen-bond donors (Lipinski definition) is 1. The third-order valence-corrected chi connectivity index (χ3v) is 3.34. The largest absolute Gasteiger partial charge is 0.316 e. The summed E-state index contributed by atoms with van der Waals surface area (Å²) in [5.74, 6) is 0.779. The van der Waals surface area contributed by atoms with Crippen LogP contribution in [-0.2, 0) is 0 Å². The summed E-state index contributed by atoms with van der Waals surface area (Å²) in [4.78, 5) is 2.49. The van der Waals surface area contributed by atoms with Crippen molar-refractivity contribution in [3.63, 3.8) is 0 Å². The van der Waals surface area contributed by atoms with Crippen molar-refractivity contribution in [2.75, 3.05) is 33.2 Å². The molecule has 0 fully saturated rings. The van der Waals surface area contributed by atoms with E-state index < -0.39 is 0 Å². The van der Waals surface area contributed by atoms with Gasteiger partial charge in [0, 0.05) is 0 Å². The van der Waals surface area contributed by atoms with Gasteiger partial charge in [0.25, 0.3) is 0 Å². The van der Waals surface area contributed by atoms with Crippen molar-refractivity contribution in [3.05, 3.63) is 0 Å². The van der Waals surface area contributed by atoms with Crippen LogP contribution in [0.3, 0.4) is 0 Å². The summed E-state index contributed by atoms with van der Waals surface area (Å²) in [5, 5.41) is 3.51. The molecule has 0 rings (SSSR count). The van der Waals surface area contributed by atoms with Gasteiger partial charge in [0.1, 0.15) is 0 Å². The summed E-state index contributed by atoms with van der Waals surface area (Å²) < 4.78 is 0. The van der Waals surface area contributed by atoms with E-state index in [2.05, 4.69) is 38.0 Å². The van der Waals surface area contributed by atoms with E-state index in [-0.39, 0.29) is 0 Å². The number of hydrogen-bond acceptors (Lipinski definition) is 2. The van der Waals surface area contributed by atoms with Gasteiger partial charge in [-0.25, -0.2) is 0 Å². The SMILES string of the molecule is CCCCCN(C)CCCCCCNCC(C)C. The summed E-state index contributed by atoms with van der Waals surface area (Å²) in [6.45, 7) is 11.7. The molecule has 0 aromatic rings. The van der Waals surface area contributed by atoms with E-state index in [1.807, 2.05) is 0 Å². The van der Waals surface area contributed by atoms with Gasteiger partial charge in [0.05, 0.1) is 0 Å². The zero-order valence-electron chi connectivity index (χ0n) is 13.3. The first-order chi connectivity index (χ1) is 8.66. The van der Waals surface area contributed by atoms with Gasteiger partial charge in [-0.15, -0.1) is 0 Å². The van der Waals surface area contributed by atoms with Crippen molar-refractivity contribution in [2.45, 2.75) is 65.7 Å². The fourth-order valence-corrected chi connectivity index (χ4v) is 2.12. The quantitative estimate of drug-likeness (QED) is 0.503. The van der Waals surface area contributed by atoms with E-state index in [0.29, 0.717) is 0 Å². The van der Waals surface area contributed by atoms with Crippen molar-refractivity contribution in [3.8, 4) is 0 Å². The van der Waals surface area contributed by atoms with Crippen LogP contribution in [0.25, 0.3) is 0 Å². The second kappa shape index (κ2) is 13.4. The molecule has 0 atom stereocenters. The van der Waals surface area contributed by atoms with Crippen LogP contribution in [0.2, 0.25) is 0 Å². The molecule has 2 heteroatoms. The normalized spacial score (nSPS) is 11.7. The van der Waals surface area contributed by atoms with Gasteiger partial charge in [-0.1, -0.05) is 46.5 Å². The molecule has 0 amide bonds. The maximum absolute atomic E-state index is 3.51. The Morgan fingerprint density at radius 2 is 1.50 bits per heavy atom. The smallest absolute Gasteiger partial charge is 0.00218 e. The molecule has 1 N–H and O–H groups in total. The minimum Gasteiger partial charge on any atom is -0.316 e. The Labute approximate surface area is 116 Å². The molecular formula is C16H36N2. The molecule has 110 valence electrons. The summed E-state index contributed by atoms with van der Waals surface area (Å²) in [7, 11) is 2.26.